The topological polar surface area (TPSA) is 72.8 Å². The summed E-state index contributed by atoms with van der Waals surface area (Å²) in [6.07, 6.45) is -2.30. The maximum atomic E-state index is 10.8. The van der Waals surface area contributed by atoms with Gasteiger partial charge in [0, 0.05) is 6.92 Å². The second kappa shape index (κ2) is 4.71. The Kier molecular flexibility index (Phi) is 4.28. The van der Waals surface area contributed by atoms with Crippen LogP contribution in [0.3, 0.4) is 0 Å². The Labute approximate surface area is 70.3 Å². The molecule has 5 nitrogen and oxygen atoms in total. The van der Waals surface area contributed by atoms with Crippen LogP contribution in [0.4, 0.5) is 0 Å². The van der Waals surface area contributed by atoms with E-state index >= 15 is 0 Å². The average Bonchev–Trinajstić information content (AvgIpc) is 1.98. The lowest BCUT2D eigenvalue weighted by Crippen LogP contribution is -2.36. The van der Waals surface area contributed by atoms with Crippen molar-refractivity contribution in [1.82, 2.24) is 0 Å². The molecule has 1 N–H and O–H groups in total. The van der Waals surface area contributed by atoms with Gasteiger partial charge in [0.05, 0.1) is 13.2 Å². The molecule has 0 radical (unpaired) electrons. The van der Waals surface area contributed by atoms with Gasteiger partial charge >= 0.3 is 11.9 Å². The molecule has 0 spiro atoms. The number of esters is 2. The van der Waals surface area contributed by atoms with Crippen molar-refractivity contribution in [2.75, 3.05) is 7.11 Å². The van der Waals surface area contributed by atoms with E-state index in [9.17, 15) is 9.59 Å². The SMILES string of the molecule is COC(=O)[C@@H](OC(C)=O)[C@@H](C)O. The Morgan fingerprint density at radius 1 is 1.42 bits per heavy atom. The molecule has 0 aromatic carbocycles. The van der Waals surface area contributed by atoms with Crippen LogP contribution in [0, 0.1) is 0 Å². The maximum Gasteiger partial charge on any atom is 0.349 e. The highest BCUT2D eigenvalue weighted by atomic mass is 16.6. The number of aliphatic hydroxyl groups excluding tert-OH is 1. The molecule has 12 heavy (non-hydrogen) atoms. The molecule has 0 unspecified atom stereocenters. The van der Waals surface area contributed by atoms with E-state index in [2.05, 4.69) is 9.47 Å². The number of hydrogen-bond acceptors (Lipinski definition) is 5. The molecule has 0 aliphatic carbocycles. The van der Waals surface area contributed by atoms with E-state index < -0.39 is 24.1 Å². The summed E-state index contributed by atoms with van der Waals surface area (Å²) in [6, 6.07) is 0. The average molecular weight is 176 g/mol. The Hall–Kier alpha value is -1.10. The molecule has 0 fully saturated rings. The summed E-state index contributed by atoms with van der Waals surface area (Å²) in [5, 5.41) is 8.98. The van der Waals surface area contributed by atoms with Gasteiger partial charge in [-0.2, -0.15) is 0 Å². The van der Waals surface area contributed by atoms with Crippen LogP contribution < -0.4 is 0 Å². The number of carbonyl (C=O) groups is 2. The lowest BCUT2D eigenvalue weighted by Gasteiger charge is -2.16. The van der Waals surface area contributed by atoms with E-state index in [1.807, 2.05) is 0 Å². The largest absolute Gasteiger partial charge is 0.466 e. The van der Waals surface area contributed by atoms with E-state index in [0.717, 1.165) is 14.0 Å². The van der Waals surface area contributed by atoms with Crippen LogP contribution in [0.1, 0.15) is 13.8 Å². The third kappa shape index (κ3) is 3.34. The van der Waals surface area contributed by atoms with Gasteiger partial charge in [0.1, 0.15) is 0 Å². The van der Waals surface area contributed by atoms with Crippen LogP contribution in [0.5, 0.6) is 0 Å². The van der Waals surface area contributed by atoms with Gasteiger partial charge in [0.15, 0.2) is 0 Å². The van der Waals surface area contributed by atoms with Gasteiger partial charge in [-0.15, -0.1) is 0 Å². The quantitative estimate of drug-likeness (QED) is 0.585. The van der Waals surface area contributed by atoms with E-state index in [4.69, 9.17) is 5.11 Å². The predicted molar refractivity (Wildman–Crippen MR) is 39.3 cm³/mol. The highest BCUT2D eigenvalue weighted by Crippen LogP contribution is 2.01. The van der Waals surface area contributed by atoms with Crippen molar-refractivity contribution in [2.45, 2.75) is 26.1 Å². The normalized spacial score (nSPS) is 14.7. The zero-order valence-corrected chi connectivity index (χ0v) is 7.23. The summed E-state index contributed by atoms with van der Waals surface area (Å²) in [6.45, 7) is 2.49. The first-order chi connectivity index (χ1) is 5.49. The fourth-order valence-corrected chi connectivity index (χ4v) is 0.638. The lowest BCUT2D eigenvalue weighted by molar-refractivity contribution is -0.171. The fraction of sp³-hybridized carbons (Fsp3) is 0.714. The highest BCUT2D eigenvalue weighted by molar-refractivity contribution is 5.79. The van der Waals surface area contributed by atoms with Crippen molar-refractivity contribution in [2.24, 2.45) is 0 Å². The smallest absolute Gasteiger partial charge is 0.349 e. The van der Waals surface area contributed by atoms with Crippen LogP contribution in [0.15, 0.2) is 0 Å². The number of carbonyl (C=O) groups excluding carboxylic acids is 2. The van der Waals surface area contributed by atoms with Gasteiger partial charge in [0.25, 0.3) is 0 Å². The van der Waals surface area contributed by atoms with Gasteiger partial charge < -0.3 is 14.6 Å². The standard InChI is InChI=1S/C7H12O5/c1-4(8)6(7(10)11-3)12-5(2)9/h4,6,8H,1-3H3/t4-,6+/m1/s1. The Morgan fingerprint density at radius 3 is 2.17 bits per heavy atom. The summed E-state index contributed by atoms with van der Waals surface area (Å²) in [5.41, 5.74) is 0. The van der Waals surface area contributed by atoms with Gasteiger partial charge in [-0.3, -0.25) is 4.79 Å². The van der Waals surface area contributed by atoms with E-state index in [1.54, 1.807) is 0 Å². The minimum absolute atomic E-state index is 0.633. The van der Waals surface area contributed by atoms with Crippen LogP contribution in [-0.2, 0) is 19.1 Å². The van der Waals surface area contributed by atoms with Crippen molar-refractivity contribution in [3.63, 3.8) is 0 Å². The maximum absolute atomic E-state index is 10.8. The molecule has 0 saturated carbocycles. The molecule has 0 rings (SSSR count). The van der Waals surface area contributed by atoms with Crippen LogP contribution >= 0.6 is 0 Å². The third-order valence-corrected chi connectivity index (χ3v) is 1.16. The summed E-state index contributed by atoms with van der Waals surface area (Å²) in [7, 11) is 1.15. The molecule has 0 aromatic rings. The molecule has 0 aliphatic rings. The molecule has 2 atom stereocenters. The monoisotopic (exact) mass is 176 g/mol. The number of hydrogen-bond donors (Lipinski definition) is 1. The molecule has 0 aromatic heterocycles. The number of methoxy groups -OCH3 is 1. The van der Waals surface area contributed by atoms with Gasteiger partial charge in [-0.05, 0) is 6.92 Å². The van der Waals surface area contributed by atoms with Crippen molar-refractivity contribution in [1.29, 1.82) is 0 Å². The predicted octanol–water partition coefficient (Wildman–Crippen LogP) is -0.528. The second-order valence-corrected chi connectivity index (χ2v) is 2.29. The Morgan fingerprint density at radius 2 is 1.92 bits per heavy atom. The van der Waals surface area contributed by atoms with Crippen LogP contribution in [-0.4, -0.2) is 36.4 Å². The Balaban J connectivity index is 4.23. The van der Waals surface area contributed by atoms with Gasteiger partial charge in [0.2, 0.25) is 6.10 Å². The van der Waals surface area contributed by atoms with Crippen molar-refractivity contribution in [3.05, 3.63) is 0 Å². The van der Waals surface area contributed by atoms with E-state index in [0.29, 0.717) is 0 Å². The summed E-state index contributed by atoms with van der Waals surface area (Å²) >= 11 is 0. The first kappa shape index (κ1) is 10.9. The van der Waals surface area contributed by atoms with Gasteiger partial charge in [-0.1, -0.05) is 0 Å². The second-order valence-electron chi connectivity index (χ2n) is 2.29. The summed E-state index contributed by atoms with van der Waals surface area (Å²) in [4.78, 5) is 21.3. The molecule has 70 valence electrons. The first-order valence-corrected chi connectivity index (χ1v) is 3.42. The van der Waals surface area contributed by atoms with Crippen molar-refractivity contribution < 1.29 is 24.2 Å². The molecule has 0 saturated heterocycles. The van der Waals surface area contributed by atoms with Gasteiger partial charge in [-0.25, -0.2) is 4.79 Å². The van der Waals surface area contributed by atoms with Crippen molar-refractivity contribution in [3.8, 4) is 0 Å². The van der Waals surface area contributed by atoms with Crippen molar-refractivity contribution >= 4 is 11.9 Å². The fourth-order valence-electron chi connectivity index (χ4n) is 0.638. The molecular weight excluding hydrogens is 164 g/mol. The molecule has 5 heteroatoms. The number of ether oxygens (including phenoxy) is 2. The third-order valence-electron chi connectivity index (χ3n) is 1.16. The minimum Gasteiger partial charge on any atom is -0.466 e. The summed E-state index contributed by atoms with van der Waals surface area (Å²) in [5.74, 6) is -1.40. The number of rotatable bonds is 3. The van der Waals surface area contributed by atoms with Crippen LogP contribution in [0.2, 0.25) is 0 Å². The Bertz CT molecular complexity index is 175. The van der Waals surface area contributed by atoms with E-state index in [-0.39, 0.29) is 0 Å². The molecular formula is C7H12O5. The van der Waals surface area contributed by atoms with E-state index in [1.165, 1.54) is 6.92 Å². The molecule has 0 amide bonds. The van der Waals surface area contributed by atoms with Crippen LogP contribution in [0.25, 0.3) is 0 Å². The zero-order chi connectivity index (χ0) is 9.72. The zero-order valence-electron chi connectivity index (χ0n) is 7.23. The molecule has 0 aliphatic heterocycles. The first-order valence-electron chi connectivity index (χ1n) is 3.42. The summed E-state index contributed by atoms with van der Waals surface area (Å²) < 4.78 is 8.80. The highest BCUT2D eigenvalue weighted by Gasteiger charge is 2.27. The molecule has 0 bridgehead atoms. The number of aliphatic hydroxyl groups is 1. The lowest BCUT2D eigenvalue weighted by atomic mass is 10.2. The molecule has 0 heterocycles. The minimum atomic E-state index is -1.23.